The van der Waals surface area contributed by atoms with Gasteiger partial charge in [0.2, 0.25) is 17.7 Å². The molecule has 0 unspecified atom stereocenters. The quantitative estimate of drug-likeness (QED) is 0.296. The third-order valence-electron chi connectivity index (χ3n) is 5.36. The number of nitrogens with one attached hydrogen (secondary N) is 1. The minimum Gasteiger partial charge on any atom is -0.370 e. The smallest absolute Gasteiger partial charge is 0.262 e. The first-order chi connectivity index (χ1) is 15.5. The molecule has 3 N–H and O–H groups in total. The summed E-state index contributed by atoms with van der Waals surface area (Å²) < 4.78 is 1.58. The van der Waals surface area contributed by atoms with Crippen LogP contribution in [0.2, 0.25) is 0 Å². The first-order valence-corrected chi connectivity index (χ1v) is 11.9. The Balaban J connectivity index is 1.63. The van der Waals surface area contributed by atoms with Crippen LogP contribution in [-0.2, 0) is 20.9 Å². The van der Waals surface area contributed by atoms with Gasteiger partial charge in [0, 0.05) is 26.1 Å². The van der Waals surface area contributed by atoms with E-state index >= 15 is 0 Å². The molecular weight excluding hydrogens is 430 g/mol. The lowest BCUT2D eigenvalue weighted by atomic mass is 10.2. The molecule has 3 amide bonds. The zero-order valence-electron chi connectivity index (χ0n) is 18.0. The van der Waals surface area contributed by atoms with Crippen LogP contribution >= 0.6 is 11.8 Å². The van der Waals surface area contributed by atoms with Crippen molar-refractivity contribution < 1.29 is 14.4 Å². The molecule has 3 rings (SSSR count). The maximum atomic E-state index is 13.0. The van der Waals surface area contributed by atoms with E-state index in [1.807, 2.05) is 6.07 Å². The summed E-state index contributed by atoms with van der Waals surface area (Å²) in [5.41, 5.74) is 5.60. The van der Waals surface area contributed by atoms with E-state index in [1.54, 1.807) is 27.7 Å². The van der Waals surface area contributed by atoms with Gasteiger partial charge >= 0.3 is 0 Å². The predicted molar refractivity (Wildman–Crippen MR) is 123 cm³/mol. The van der Waals surface area contributed by atoms with Crippen LogP contribution in [0.1, 0.15) is 38.5 Å². The van der Waals surface area contributed by atoms with E-state index in [0.29, 0.717) is 41.9 Å². The van der Waals surface area contributed by atoms with Gasteiger partial charge in [-0.2, -0.15) is 0 Å². The van der Waals surface area contributed by atoms with Gasteiger partial charge in [0.15, 0.2) is 5.16 Å². The van der Waals surface area contributed by atoms with Crippen molar-refractivity contribution >= 4 is 40.4 Å². The first kappa shape index (κ1) is 23.8. The Morgan fingerprint density at radius 3 is 2.59 bits per heavy atom. The summed E-state index contributed by atoms with van der Waals surface area (Å²) >= 11 is 1.18. The van der Waals surface area contributed by atoms with Crippen LogP contribution < -0.4 is 16.6 Å². The van der Waals surface area contributed by atoms with Gasteiger partial charge in [0.1, 0.15) is 0 Å². The summed E-state index contributed by atoms with van der Waals surface area (Å²) in [5.74, 6) is -0.629. The molecule has 1 fully saturated rings. The second-order valence-electron chi connectivity index (χ2n) is 7.80. The van der Waals surface area contributed by atoms with Crippen molar-refractivity contribution in [3.63, 3.8) is 0 Å². The van der Waals surface area contributed by atoms with E-state index in [1.165, 1.54) is 11.8 Å². The Kier molecular flexibility index (Phi) is 8.66. The van der Waals surface area contributed by atoms with Crippen molar-refractivity contribution in [2.24, 2.45) is 5.73 Å². The van der Waals surface area contributed by atoms with Crippen LogP contribution in [0.25, 0.3) is 10.9 Å². The highest BCUT2D eigenvalue weighted by atomic mass is 32.2. The topological polar surface area (TPSA) is 127 Å². The second-order valence-corrected chi connectivity index (χ2v) is 8.74. The van der Waals surface area contributed by atoms with Crippen molar-refractivity contribution in [3.05, 3.63) is 34.6 Å². The lowest BCUT2D eigenvalue weighted by Gasteiger charge is -2.16. The third-order valence-corrected chi connectivity index (χ3v) is 6.34. The molecule has 1 aliphatic rings. The summed E-state index contributed by atoms with van der Waals surface area (Å²) in [4.78, 5) is 54.7. The molecule has 1 aliphatic heterocycles. The molecule has 2 aromatic rings. The van der Waals surface area contributed by atoms with Crippen LogP contribution in [0.4, 0.5) is 0 Å². The van der Waals surface area contributed by atoms with E-state index in [2.05, 4.69) is 10.3 Å². The van der Waals surface area contributed by atoms with Gasteiger partial charge in [-0.1, -0.05) is 30.3 Å². The normalized spacial score (nSPS) is 13.4. The summed E-state index contributed by atoms with van der Waals surface area (Å²) in [6, 6.07) is 7.11. The molecule has 172 valence electrons. The van der Waals surface area contributed by atoms with Gasteiger partial charge in [0.25, 0.3) is 5.56 Å². The molecule has 10 heteroatoms. The number of para-hydroxylation sites is 1. The highest BCUT2D eigenvalue weighted by Crippen LogP contribution is 2.18. The Morgan fingerprint density at radius 1 is 1.09 bits per heavy atom. The van der Waals surface area contributed by atoms with Crippen LogP contribution in [0, 0.1) is 0 Å². The molecular formula is C22H29N5O4S. The molecule has 1 aromatic heterocycles. The van der Waals surface area contributed by atoms with E-state index in [9.17, 15) is 19.2 Å². The average molecular weight is 460 g/mol. The highest BCUT2D eigenvalue weighted by Gasteiger charge is 2.18. The first-order valence-electron chi connectivity index (χ1n) is 10.9. The number of likely N-dealkylation sites (tertiary alicyclic amines) is 1. The minimum atomic E-state index is -0.333. The number of hydrogen-bond acceptors (Lipinski definition) is 6. The lowest BCUT2D eigenvalue weighted by molar-refractivity contribution is -0.131. The van der Waals surface area contributed by atoms with Crippen molar-refractivity contribution in [2.75, 3.05) is 25.4 Å². The average Bonchev–Trinajstić information content (AvgIpc) is 3.32. The molecule has 0 aliphatic carbocycles. The standard InChI is InChI=1S/C22H29N5O4S/c23-18(28)10-2-1-5-13-27-21(31)16-8-3-4-9-17(16)25-22(27)32-15-19(29)24-14-20(30)26-11-6-7-12-26/h3-4,8-9H,1-2,5-7,10-15H2,(H2,23,28)(H,24,29). The molecule has 0 saturated carbocycles. The van der Waals surface area contributed by atoms with Crippen LogP contribution in [0.15, 0.2) is 34.2 Å². The Bertz CT molecular complexity index is 1030. The fourth-order valence-electron chi connectivity index (χ4n) is 3.63. The molecule has 1 aromatic carbocycles. The summed E-state index contributed by atoms with van der Waals surface area (Å²) in [6.07, 6.45) is 4.44. The van der Waals surface area contributed by atoms with Gasteiger partial charge in [-0.25, -0.2) is 4.98 Å². The number of benzene rings is 1. The molecule has 2 heterocycles. The monoisotopic (exact) mass is 459 g/mol. The number of aromatic nitrogens is 2. The Hall–Kier alpha value is -2.88. The maximum Gasteiger partial charge on any atom is 0.262 e. The van der Waals surface area contributed by atoms with Crippen LogP contribution in [0.5, 0.6) is 0 Å². The number of amides is 3. The van der Waals surface area contributed by atoms with Crippen molar-refractivity contribution in [2.45, 2.75) is 50.2 Å². The molecule has 9 nitrogen and oxygen atoms in total. The SMILES string of the molecule is NC(=O)CCCCCn1c(SCC(=O)NCC(=O)N2CCCC2)nc2ccccc2c1=O. The number of carbonyl (C=O) groups is 3. The predicted octanol–water partition coefficient (Wildman–Crippen LogP) is 1.27. The van der Waals surface area contributed by atoms with Crippen molar-refractivity contribution in [1.29, 1.82) is 0 Å². The van der Waals surface area contributed by atoms with Crippen molar-refractivity contribution in [1.82, 2.24) is 19.8 Å². The van der Waals surface area contributed by atoms with Gasteiger partial charge in [-0.05, 0) is 37.8 Å². The number of rotatable bonds is 11. The summed E-state index contributed by atoms with van der Waals surface area (Å²) in [7, 11) is 0. The number of primary amides is 1. The maximum absolute atomic E-state index is 13.0. The molecule has 0 radical (unpaired) electrons. The fourth-order valence-corrected chi connectivity index (χ4v) is 4.49. The molecule has 32 heavy (non-hydrogen) atoms. The number of thioether (sulfide) groups is 1. The van der Waals surface area contributed by atoms with Gasteiger partial charge in [0.05, 0.1) is 23.2 Å². The fraction of sp³-hybridized carbons (Fsp3) is 0.500. The molecule has 0 atom stereocenters. The van der Waals surface area contributed by atoms with Gasteiger partial charge < -0.3 is 16.0 Å². The number of hydrogen-bond donors (Lipinski definition) is 2. The third kappa shape index (κ3) is 6.56. The lowest BCUT2D eigenvalue weighted by Crippen LogP contribution is -2.39. The Labute approximate surface area is 190 Å². The summed E-state index contributed by atoms with van der Waals surface area (Å²) in [5, 5.41) is 3.65. The van der Waals surface area contributed by atoms with Crippen molar-refractivity contribution in [3.8, 4) is 0 Å². The zero-order chi connectivity index (χ0) is 22.9. The summed E-state index contributed by atoms with van der Waals surface area (Å²) in [6.45, 7) is 1.91. The number of carbonyl (C=O) groups excluding carboxylic acids is 3. The zero-order valence-corrected chi connectivity index (χ0v) is 18.9. The second kappa shape index (κ2) is 11.7. The number of fused-ring (bicyclic) bond motifs is 1. The molecule has 0 spiro atoms. The van der Waals surface area contributed by atoms with E-state index < -0.39 is 0 Å². The minimum absolute atomic E-state index is 0.0167. The number of nitrogens with two attached hydrogens (primary N) is 1. The number of nitrogens with zero attached hydrogens (tertiary/aromatic N) is 3. The molecule has 0 bridgehead atoms. The van der Waals surface area contributed by atoms with Crippen LogP contribution in [0.3, 0.4) is 0 Å². The van der Waals surface area contributed by atoms with E-state index in [0.717, 1.165) is 32.4 Å². The van der Waals surface area contributed by atoms with E-state index in [-0.39, 0.29) is 35.6 Å². The van der Waals surface area contributed by atoms with Gasteiger partial charge in [-0.3, -0.25) is 23.7 Å². The van der Waals surface area contributed by atoms with Gasteiger partial charge in [-0.15, -0.1) is 0 Å². The van der Waals surface area contributed by atoms with E-state index in [4.69, 9.17) is 5.73 Å². The highest BCUT2D eigenvalue weighted by molar-refractivity contribution is 7.99. The van der Waals surface area contributed by atoms with Crippen LogP contribution in [-0.4, -0.2) is 57.6 Å². The largest absolute Gasteiger partial charge is 0.370 e. The number of unbranched alkanes of at least 4 members (excludes halogenated alkanes) is 2. The Morgan fingerprint density at radius 2 is 1.84 bits per heavy atom. The molecule has 1 saturated heterocycles.